The first-order valence-electron chi connectivity index (χ1n) is 5.48. The Balaban J connectivity index is 2.37. The van der Waals surface area contributed by atoms with Crippen molar-refractivity contribution in [1.29, 1.82) is 0 Å². The molecule has 5 heteroatoms. The van der Waals surface area contributed by atoms with Gasteiger partial charge in [0.25, 0.3) is 0 Å². The van der Waals surface area contributed by atoms with Crippen LogP contribution in [0, 0.1) is 11.7 Å². The van der Waals surface area contributed by atoms with Gasteiger partial charge in [-0.05, 0) is 55.0 Å². The predicted molar refractivity (Wildman–Crippen MR) is 78.7 cm³/mol. The Kier molecular flexibility index (Phi) is 2.80. The van der Waals surface area contributed by atoms with E-state index in [1.165, 1.54) is 5.56 Å². The zero-order chi connectivity index (χ0) is 12.7. The van der Waals surface area contributed by atoms with Crippen LogP contribution in [0.5, 0.6) is 0 Å². The van der Waals surface area contributed by atoms with Gasteiger partial charge in [0, 0.05) is 10.7 Å². The summed E-state index contributed by atoms with van der Waals surface area (Å²) < 4.78 is 3.63. The van der Waals surface area contributed by atoms with Crippen molar-refractivity contribution in [1.82, 2.24) is 14.5 Å². The minimum Gasteiger partial charge on any atom is -0.329 e. The lowest BCUT2D eigenvalue weighted by Crippen LogP contribution is -1.96. The monoisotopic (exact) mass is 319 g/mol. The fraction of sp³-hybridized carbons (Fsp3) is 0.0769. The lowest BCUT2D eigenvalue weighted by atomic mass is 10.2. The number of aryl methyl sites for hydroxylation is 1. The van der Waals surface area contributed by atoms with Gasteiger partial charge in [0.1, 0.15) is 0 Å². The van der Waals surface area contributed by atoms with Crippen molar-refractivity contribution in [2.45, 2.75) is 6.92 Å². The standard InChI is InChI=1S/C13H10BrN3S/c1-8-5-9(14)7-10(6-8)17-12-11(16-13(17)18)3-2-4-15-12/h2-7H,1H3,(H,16,18). The summed E-state index contributed by atoms with van der Waals surface area (Å²) in [6, 6.07) is 10.0. The number of fused-ring (bicyclic) bond motifs is 1. The van der Waals surface area contributed by atoms with E-state index in [2.05, 4.69) is 45.0 Å². The predicted octanol–water partition coefficient (Wildman–Crippen LogP) is 4.15. The van der Waals surface area contributed by atoms with E-state index in [-0.39, 0.29) is 0 Å². The Hall–Kier alpha value is -1.46. The number of rotatable bonds is 1. The zero-order valence-electron chi connectivity index (χ0n) is 9.64. The van der Waals surface area contributed by atoms with Crippen LogP contribution in [0.3, 0.4) is 0 Å². The Labute approximate surface area is 118 Å². The number of aromatic amines is 1. The second kappa shape index (κ2) is 4.33. The molecule has 3 aromatic rings. The fourth-order valence-corrected chi connectivity index (χ4v) is 2.92. The average Bonchev–Trinajstić information content (AvgIpc) is 2.63. The Bertz CT molecular complexity index is 768. The molecular weight excluding hydrogens is 310 g/mol. The maximum atomic E-state index is 5.37. The van der Waals surface area contributed by atoms with Gasteiger partial charge in [0.15, 0.2) is 10.4 Å². The molecule has 0 unspecified atom stereocenters. The molecule has 1 aromatic carbocycles. The number of nitrogens with zero attached hydrogens (tertiary/aromatic N) is 2. The van der Waals surface area contributed by atoms with Gasteiger partial charge in [-0.15, -0.1) is 0 Å². The van der Waals surface area contributed by atoms with Crippen LogP contribution in [0.2, 0.25) is 0 Å². The average molecular weight is 320 g/mol. The molecule has 3 nitrogen and oxygen atoms in total. The van der Waals surface area contributed by atoms with Crippen molar-refractivity contribution in [3.05, 3.63) is 51.3 Å². The zero-order valence-corrected chi connectivity index (χ0v) is 12.0. The van der Waals surface area contributed by atoms with Crippen molar-refractivity contribution in [2.24, 2.45) is 0 Å². The number of hydrogen-bond acceptors (Lipinski definition) is 2. The van der Waals surface area contributed by atoms with E-state index >= 15 is 0 Å². The van der Waals surface area contributed by atoms with Crippen LogP contribution in [0.4, 0.5) is 0 Å². The molecule has 0 fully saturated rings. The molecule has 0 saturated carbocycles. The quantitative estimate of drug-likeness (QED) is 0.683. The topological polar surface area (TPSA) is 33.6 Å². The second-order valence-electron chi connectivity index (χ2n) is 4.13. The number of hydrogen-bond donors (Lipinski definition) is 1. The van der Waals surface area contributed by atoms with Crippen LogP contribution >= 0.6 is 28.1 Å². The van der Waals surface area contributed by atoms with Crippen molar-refractivity contribution >= 4 is 39.3 Å². The highest BCUT2D eigenvalue weighted by Gasteiger charge is 2.08. The Morgan fingerprint density at radius 1 is 1.33 bits per heavy atom. The van der Waals surface area contributed by atoms with Gasteiger partial charge < -0.3 is 4.98 Å². The number of aromatic nitrogens is 3. The third-order valence-electron chi connectivity index (χ3n) is 2.73. The number of H-pyrrole nitrogens is 1. The summed E-state index contributed by atoms with van der Waals surface area (Å²) in [6.07, 6.45) is 1.77. The second-order valence-corrected chi connectivity index (χ2v) is 5.43. The fourth-order valence-electron chi connectivity index (χ4n) is 2.03. The van der Waals surface area contributed by atoms with Crippen LogP contribution in [0.1, 0.15) is 5.56 Å². The molecule has 18 heavy (non-hydrogen) atoms. The Morgan fingerprint density at radius 2 is 2.17 bits per heavy atom. The third kappa shape index (κ3) is 1.89. The van der Waals surface area contributed by atoms with Crippen molar-refractivity contribution < 1.29 is 0 Å². The van der Waals surface area contributed by atoms with Gasteiger partial charge in [-0.25, -0.2) is 4.98 Å². The summed E-state index contributed by atoms with van der Waals surface area (Å²) in [6.45, 7) is 2.06. The molecule has 2 heterocycles. The number of imidazole rings is 1. The van der Waals surface area contributed by atoms with Crippen molar-refractivity contribution in [3.8, 4) is 5.69 Å². The Morgan fingerprint density at radius 3 is 2.94 bits per heavy atom. The van der Waals surface area contributed by atoms with Crippen LogP contribution in [-0.4, -0.2) is 14.5 Å². The normalized spacial score (nSPS) is 11.0. The van der Waals surface area contributed by atoms with Gasteiger partial charge in [-0.2, -0.15) is 0 Å². The smallest absolute Gasteiger partial charge is 0.183 e. The van der Waals surface area contributed by atoms with E-state index in [0.29, 0.717) is 4.77 Å². The van der Waals surface area contributed by atoms with Crippen LogP contribution in [-0.2, 0) is 0 Å². The van der Waals surface area contributed by atoms with Gasteiger partial charge in [0.05, 0.1) is 11.2 Å². The molecule has 0 aliphatic rings. The first kappa shape index (κ1) is 11.6. The molecule has 0 radical (unpaired) electrons. The van der Waals surface area contributed by atoms with Gasteiger partial charge in [0.2, 0.25) is 0 Å². The maximum Gasteiger partial charge on any atom is 0.183 e. The van der Waals surface area contributed by atoms with Crippen LogP contribution in [0.25, 0.3) is 16.9 Å². The molecule has 0 aliphatic carbocycles. The summed E-state index contributed by atoms with van der Waals surface area (Å²) in [7, 11) is 0. The third-order valence-corrected chi connectivity index (χ3v) is 3.47. The highest BCUT2D eigenvalue weighted by molar-refractivity contribution is 9.10. The molecule has 0 bridgehead atoms. The number of benzene rings is 1. The molecule has 0 atom stereocenters. The SMILES string of the molecule is Cc1cc(Br)cc(-n2c(=S)[nH]c3cccnc32)c1. The lowest BCUT2D eigenvalue weighted by Gasteiger charge is -2.06. The minimum absolute atomic E-state index is 0.654. The molecule has 0 spiro atoms. The molecule has 1 N–H and O–H groups in total. The van der Waals surface area contributed by atoms with Gasteiger partial charge in [-0.3, -0.25) is 4.57 Å². The molecule has 3 rings (SSSR count). The van der Waals surface area contributed by atoms with E-state index < -0.39 is 0 Å². The minimum atomic E-state index is 0.654. The molecule has 2 aromatic heterocycles. The van der Waals surface area contributed by atoms with E-state index in [1.807, 2.05) is 22.8 Å². The van der Waals surface area contributed by atoms with Crippen LogP contribution < -0.4 is 0 Å². The van der Waals surface area contributed by atoms with E-state index in [1.54, 1.807) is 6.20 Å². The summed E-state index contributed by atoms with van der Waals surface area (Å²) in [5, 5.41) is 0. The summed E-state index contributed by atoms with van der Waals surface area (Å²) in [4.78, 5) is 7.55. The van der Waals surface area contributed by atoms with Crippen molar-refractivity contribution in [2.75, 3.05) is 0 Å². The molecular formula is C13H10BrN3S. The summed E-state index contributed by atoms with van der Waals surface area (Å²) in [5.74, 6) is 0. The van der Waals surface area contributed by atoms with Crippen LogP contribution in [0.15, 0.2) is 41.0 Å². The van der Waals surface area contributed by atoms with E-state index in [9.17, 15) is 0 Å². The van der Waals surface area contributed by atoms with Crippen molar-refractivity contribution in [3.63, 3.8) is 0 Å². The number of pyridine rings is 1. The summed E-state index contributed by atoms with van der Waals surface area (Å²) in [5.41, 5.74) is 3.98. The van der Waals surface area contributed by atoms with E-state index in [0.717, 1.165) is 21.3 Å². The molecule has 90 valence electrons. The van der Waals surface area contributed by atoms with Gasteiger partial charge in [-0.1, -0.05) is 15.9 Å². The molecule has 0 amide bonds. The van der Waals surface area contributed by atoms with Gasteiger partial charge >= 0.3 is 0 Å². The molecule has 0 aliphatic heterocycles. The highest BCUT2D eigenvalue weighted by Crippen LogP contribution is 2.22. The first-order valence-corrected chi connectivity index (χ1v) is 6.68. The summed E-state index contributed by atoms with van der Waals surface area (Å²) >= 11 is 8.88. The largest absolute Gasteiger partial charge is 0.329 e. The maximum absolute atomic E-state index is 5.37. The van der Waals surface area contributed by atoms with E-state index in [4.69, 9.17) is 12.2 Å². The highest BCUT2D eigenvalue weighted by atomic mass is 79.9. The first-order chi connectivity index (χ1) is 8.65. The lowest BCUT2D eigenvalue weighted by molar-refractivity contribution is 1.04. The molecule has 0 saturated heterocycles. The number of nitrogens with one attached hydrogen (secondary N) is 1. The number of halogens is 1.